The van der Waals surface area contributed by atoms with E-state index in [1.54, 1.807) is 0 Å². The Hall–Kier alpha value is -2.33. The van der Waals surface area contributed by atoms with Crippen molar-refractivity contribution in [3.63, 3.8) is 0 Å². The first-order valence-electron chi connectivity index (χ1n) is 9.59. The molecular formula is C22H29N3O. The molecule has 1 N–H and O–H groups in total. The van der Waals surface area contributed by atoms with Crippen molar-refractivity contribution in [1.29, 1.82) is 0 Å². The van der Waals surface area contributed by atoms with Crippen LogP contribution in [-0.2, 0) is 0 Å². The average molecular weight is 351 g/mol. The van der Waals surface area contributed by atoms with E-state index in [4.69, 9.17) is 4.74 Å². The number of piperidine rings is 1. The second-order valence-corrected chi connectivity index (χ2v) is 7.06. The van der Waals surface area contributed by atoms with Crippen LogP contribution in [0.15, 0.2) is 59.7 Å². The molecule has 1 aliphatic rings. The topological polar surface area (TPSA) is 36.9 Å². The lowest BCUT2D eigenvalue weighted by Crippen LogP contribution is -2.35. The quantitative estimate of drug-likeness (QED) is 0.428. The molecule has 138 valence electrons. The van der Waals surface area contributed by atoms with Crippen molar-refractivity contribution >= 4 is 11.9 Å². The van der Waals surface area contributed by atoms with Gasteiger partial charge in [0.15, 0.2) is 0 Å². The SMILES string of the molecule is CC1CCCN(CCCOc2ccc(C=NNc3ccccc3)cc2)C1. The Morgan fingerprint density at radius 2 is 1.96 bits per heavy atom. The Morgan fingerprint density at radius 1 is 1.15 bits per heavy atom. The zero-order valence-electron chi connectivity index (χ0n) is 15.6. The highest BCUT2D eigenvalue weighted by Crippen LogP contribution is 2.16. The molecule has 0 aliphatic carbocycles. The summed E-state index contributed by atoms with van der Waals surface area (Å²) in [4.78, 5) is 2.57. The van der Waals surface area contributed by atoms with E-state index in [0.717, 1.165) is 42.5 Å². The number of ether oxygens (including phenoxy) is 1. The van der Waals surface area contributed by atoms with Crippen LogP contribution in [0.25, 0.3) is 0 Å². The smallest absolute Gasteiger partial charge is 0.119 e. The van der Waals surface area contributed by atoms with Gasteiger partial charge in [0.25, 0.3) is 0 Å². The van der Waals surface area contributed by atoms with Gasteiger partial charge in [-0.25, -0.2) is 0 Å². The Bertz CT molecular complexity index is 670. The fraction of sp³-hybridized carbons (Fsp3) is 0.409. The van der Waals surface area contributed by atoms with Gasteiger partial charge in [-0.3, -0.25) is 5.43 Å². The van der Waals surface area contributed by atoms with Crippen LogP contribution in [0.2, 0.25) is 0 Å². The first kappa shape index (κ1) is 18.5. The predicted molar refractivity (Wildman–Crippen MR) is 109 cm³/mol. The maximum absolute atomic E-state index is 5.87. The third-order valence-corrected chi connectivity index (χ3v) is 4.69. The zero-order chi connectivity index (χ0) is 18.0. The molecular weight excluding hydrogens is 322 g/mol. The van der Waals surface area contributed by atoms with Crippen LogP contribution in [-0.4, -0.2) is 37.4 Å². The number of benzene rings is 2. The summed E-state index contributed by atoms with van der Waals surface area (Å²) in [6.07, 6.45) is 5.61. The van der Waals surface area contributed by atoms with Crippen molar-refractivity contribution in [2.45, 2.75) is 26.2 Å². The summed E-state index contributed by atoms with van der Waals surface area (Å²) in [6, 6.07) is 18.0. The van der Waals surface area contributed by atoms with Crippen LogP contribution in [0, 0.1) is 5.92 Å². The third kappa shape index (κ3) is 6.19. The van der Waals surface area contributed by atoms with Gasteiger partial charge < -0.3 is 9.64 Å². The zero-order valence-corrected chi connectivity index (χ0v) is 15.6. The molecule has 26 heavy (non-hydrogen) atoms. The maximum atomic E-state index is 5.87. The molecule has 4 nitrogen and oxygen atoms in total. The highest BCUT2D eigenvalue weighted by atomic mass is 16.5. The maximum Gasteiger partial charge on any atom is 0.119 e. The molecule has 0 spiro atoms. The summed E-state index contributed by atoms with van der Waals surface area (Å²) in [6.45, 7) is 6.75. The standard InChI is InChI=1S/C22H29N3O/c1-19-7-5-14-25(18-19)15-6-16-26-22-12-10-20(11-13-22)17-23-24-21-8-3-2-4-9-21/h2-4,8-13,17,19,24H,5-7,14-16,18H2,1H3. The molecule has 3 rings (SSSR count). The van der Waals surface area contributed by atoms with E-state index in [9.17, 15) is 0 Å². The van der Waals surface area contributed by atoms with Crippen LogP contribution in [0.4, 0.5) is 5.69 Å². The molecule has 0 radical (unpaired) electrons. The van der Waals surface area contributed by atoms with Gasteiger partial charge >= 0.3 is 0 Å². The largest absolute Gasteiger partial charge is 0.494 e. The molecule has 0 bridgehead atoms. The summed E-state index contributed by atoms with van der Waals surface area (Å²) < 4.78 is 5.87. The molecule has 1 unspecified atom stereocenters. The van der Waals surface area contributed by atoms with E-state index < -0.39 is 0 Å². The number of likely N-dealkylation sites (tertiary alicyclic amines) is 1. The Morgan fingerprint density at radius 3 is 2.73 bits per heavy atom. The predicted octanol–water partition coefficient (Wildman–Crippen LogP) is 4.63. The normalized spacial score (nSPS) is 18.1. The number of rotatable bonds is 8. The summed E-state index contributed by atoms with van der Waals surface area (Å²) in [7, 11) is 0. The van der Waals surface area contributed by atoms with Crippen molar-refractivity contribution in [1.82, 2.24) is 4.90 Å². The third-order valence-electron chi connectivity index (χ3n) is 4.69. The van der Waals surface area contributed by atoms with E-state index in [1.165, 1.54) is 25.9 Å². The molecule has 0 amide bonds. The van der Waals surface area contributed by atoms with Gasteiger partial charge in [0.1, 0.15) is 5.75 Å². The number of nitrogens with zero attached hydrogens (tertiary/aromatic N) is 2. The van der Waals surface area contributed by atoms with Crippen molar-refractivity contribution in [3.8, 4) is 5.75 Å². The summed E-state index contributed by atoms with van der Waals surface area (Å²) >= 11 is 0. The first-order valence-corrected chi connectivity index (χ1v) is 9.59. The lowest BCUT2D eigenvalue weighted by molar-refractivity contribution is 0.170. The average Bonchev–Trinajstić information content (AvgIpc) is 2.67. The van der Waals surface area contributed by atoms with Gasteiger partial charge in [0, 0.05) is 13.1 Å². The Balaban J connectivity index is 1.36. The second-order valence-electron chi connectivity index (χ2n) is 7.06. The number of nitrogens with one attached hydrogen (secondary N) is 1. The van der Waals surface area contributed by atoms with Gasteiger partial charge in [0.05, 0.1) is 18.5 Å². The molecule has 0 aromatic heterocycles. The van der Waals surface area contributed by atoms with Gasteiger partial charge in [-0.05, 0) is 73.7 Å². The highest BCUT2D eigenvalue weighted by Gasteiger charge is 2.15. The number of hydrazone groups is 1. The van der Waals surface area contributed by atoms with E-state index >= 15 is 0 Å². The monoisotopic (exact) mass is 351 g/mol. The van der Waals surface area contributed by atoms with Crippen molar-refractivity contribution in [2.75, 3.05) is 31.7 Å². The molecule has 1 saturated heterocycles. The van der Waals surface area contributed by atoms with E-state index in [-0.39, 0.29) is 0 Å². The Labute approximate surface area is 156 Å². The fourth-order valence-electron chi connectivity index (χ4n) is 3.31. The van der Waals surface area contributed by atoms with Crippen LogP contribution >= 0.6 is 0 Å². The fourth-order valence-corrected chi connectivity index (χ4v) is 3.31. The molecule has 2 aromatic rings. The molecule has 1 aliphatic heterocycles. The van der Waals surface area contributed by atoms with Gasteiger partial charge in [-0.2, -0.15) is 5.10 Å². The molecule has 2 aromatic carbocycles. The lowest BCUT2D eigenvalue weighted by Gasteiger charge is -2.30. The number of para-hydroxylation sites is 1. The van der Waals surface area contributed by atoms with Crippen LogP contribution in [0.5, 0.6) is 5.75 Å². The van der Waals surface area contributed by atoms with Gasteiger partial charge in [-0.15, -0.1) is 0 Å². The van der Waals surface area contributed by atoms with E-state index in [1.807, 2.05) is 60.8 Å². The summed E-state index contributed by atoms with van der Waals surface area (Å²) in [5.41, 5.74) is 5.04. The number of anilines is 1. The van der Waals surface area contributed by atoms with Gasteiger partial charge in [0.2, 0.25) is 0 Å². The summed E-state index contributed by atoms with van der Waals surface area (Å²) in [5, 5.41) is 4.25. The molecule has 1 heterocycles. The minimum absolute atomic E-state index is 0.772. The minimum Gasteiger partial charge on any atom is -0.494 e. The van der Waals surface area contributed by atoms with E-state index in [2.05, 4.69) is 22.4 Å². The van der Waals surface area contributed by atoms with Crippen molar-refractivity contribution in [3.05, 3.63) is 60.2 Å². The van der Waals surface area contributed by atoms with Crippen molar-refractivity contribution < 1.29 is 4.74 Å². The van der Waals surface area contributed by atoms with Crippen LogP contribution in [0.3, 0.4) is 0 Å². The van der Waals surface area contributed by atoms with Crippen LogP contribution < -0.4 is 10.2 Å². The first-order chi connectivity index (χ1) is 12.8. The Kier molecular flexibility index (Phi) is 7.08. The lowest BCUT2D eigenvalue weighted by atomic mass is 10.0. The second kappa shape index (κ2) is 9.97. The van der Waals surface area contributed by atoms with E-state index in [0.29, 0.717) is 0 Å². The summed E-state index contributed by atoms with van der Waals surface area (Å²) in [5.74, 6) is 1.76. The molecule has 4 heteroatoms. The van der Waals surface area contributed by atoms with Crippen LogP contribution in [0.1, 0.15) is 31.7 Å². The molecule has 1 fully saturated rings. The minimum atomic E-state index is 0.772. The number of hydrogen-bond donors (Lipinski definition) is 1. The number of hydrogen-bond acceptors (Lipinski definition) is 4. The van der Waals surface area contributed by atoms with Gasteiger partial charge in [-0.1, -0.05) is 25.1 Å². The van der Waals surface area contributed by atoms with Crippen molar-refractivity contribution in [2.24, 2.45) is 11.0 Å². The molecule has 0 saturated carbocycles. The highest BCUT2D eigenvalue weighted by molar-refractivity contribution is 5.80. The molecule has 1 atom stereocenters.